The Kier molecular flexibility index (Phi) is 5.56. The summed E-state index contributed by atoms with van der Waals surface area (Å²) in [6.07, 6.45) is 1.88. The number of nitrogens with one attached hydrogen (secondary N) is 1. The van der Waals surface area contributed by atoms with Crippen LogP contribution in [0, 0.1) is 12.8 Å². The number of aliphatic hydroxyl groups excluding tert-OH is 1. The van der Waals surface area contributed by atoms with Crippen molar-refractivity contribution in [2.75, 3.05) is 25.0 Å². The Morgan fingerprint density at radius 3 is 2.76 bits per heavy atom. The maximum Gasteiger partial charge on any atom is 0.321 e. The van der Waals surface area contributed by atoms with E-state index in [1.807, 2.05) is 55.5 Å². The Morgan fingerprint density at radius 1 is 1.24 bits per heavy atom. The van der Waals surface area contributed by atoms with Gasteiger partial charge in [0.25, 0.3) is 0 Å². The first-order valence-corrected chi connectivity index (χ1v) is 8.66. The van der Waals surface area contributed by atoms with Gasteiger partial charge in [-0.25, -0.2) is 4.79 Å². The van der Waals surface area contributed by atoms with Gasteiger partial charge in [0.05, 0.1) is 5.69 Å². The minimum atomic E-state index is -0.155. The van der Waals surface area contributed by atoms with E-state index in [4.69, 9.17) is 4.74 Å². The first-order valence-electron chi connectivity index (χ1n) is 8.66. The van der Waals surface area contributed by atoms with Gasteiger partial charge in [-0.3, -0.25) is 0 Å². The molecule has 5 heteroatoms. The Labute approximate surface area is 148 Å². The maximum absolute atomic E-state index is 12.6. The van der Waals surface area contributed by atoms with Crippen LogP contribution in [0.2, 0.25) is 0 Å². The molecule has 3 rings (SSSR count). The van der Waals surface area contributed by atoms with E-state index < -0.39 is 0 Å². The number of aryl methyl sites for hydroxylation is 1. The van der Waals surface area contributed by atoms with Crippen LogP contribution in [0.25, 0.3) is 0 Å². The highest BCUT2D eigenvalue weighted by Gasteiger charge is 2.23. The predicted octanol–water partition coefficient (Wildman–Crippen LogP) is 4.02. The van der Waals surface area contributed by atoms with Gasteiger partial charge in [-0.05, 0) is 49.9 Å². The van der Waals surface area contributed by atoms with Gasteiger partial charge in [0, 0.05) is 19.7 Å². The zero-order valence-corrected chi connectivity index (χ0v) is 14.4. The van der Waals surface area contributed by atoms with Crippen molar-refractivity contribution in [2.45, 2.75) is 19.8 Å². The molecule has 1 unspecified atom stereocenters. The van der Waals surface area contributed by atoms with Crippen molar-refractivity contribution < 1.29 is 14.6 Å². The molecular weight excluding hydrogens is 316 g/mol. The topological polar surface area (TPSA) is 61.8 Å². The summed E-state index contributed by atoms with van der Waals surface area (Å²) in [6.45, 7) is 3.44. The molecule has 0 radical (unpaired) electrons. The number of benzene rings is 2. The fourth-order valence-electron chi connectivity index (χ4n) is 2.98. The molecule has 1 fully saturated rings. The van der Waals surface area contributed by atoms with Crippen LogP contribution in [0.5, 0.6) is 11.5 Å². The number of ether oxygens (including phenoxy) is 1. The lowest BCUT2D eigenvalue weighted by Gasteiger charge is -2.32. The molecular formula is C20H24N2O3. The summed E-state index contributed by atoms with van der Waals surface area (Å²) in [4.78, 5) is 14.3. The lowest BCUT2D eigenvalue weighted by atomic mass is 9.99. The second-order valence-electron chi connectivity index (χ2n) is 6.48. The van der Waals surface area contributed by atoms with Gasteiger partial charge in [0.1, 0.15) is 5.75 Å². The molecule has 0 aliphatic carbocycles. The molecule has 5 nitrogen and oxygen atoms in total. The van der Waals surface area contributed by atoms with Crippen LogP contribution in [0.15, 0.2) is 48.5 Å². The van der Waals surface area contributed by atoms with Crippen LogP contribution in [0.4, 0.5) is 10.5 Å². The summed E-state index contributed by atoms with van der Waals surface area (Å²) in [5.74, 6) is 1.50. The lowest BCUT2D eigenvalue weighted by Crippen LogP contribution is -2.43. The molecule has 0 aromatic heterocycles. The first-order chi connectivity index (χ1) is 12.2. The van der Waals surface area contributed by atoms with Crippen molar-refractivity contribution in [2.24, 2.45) is 5.92 Å². The highest BCUT2D eigenvalue weighted by Crippen LogP contribution is 2.30. The Hall–Kier alpha value is -2.53. The quantitative estimate of drug-likeness (QED) is 0.883. The molecule has 0 spiro atoms. The monoisotopic (exact) mass is 340 g/mol. The number of urea groups is 1. The van der Waals surface area contributed by atoms with Crippen molar-refractivity contribution >= 4 is 11.7 Å². The van der Waals surface area contributed by atoms with E-state index in [0.717, 1.165) is 24.2 Å². The van der Waals surface area contributed by atoms with Gasteiger partial charge in [0.2, 0.25) is 0 Å². The number of anilines is 1. The third kappa shape index (κ3) is 4.51. The van der Waals surface area contributed by atoms with Crippen molar-refractivity contribution in [3.05, 3.63) is 54.1 Å². The third-order valence-electron chi connectivity index (χ3n) is 4.44. The summed E-state index contributed by atoms with van der Waals surface area (Å²) in [6, 6.07) is 15.0. The van der Waals surface area contributed by atoms with Gasteiger partial charge in [0.15, 0.2) is 5.75 Å². The summed E-state index contributed by atoms with van der Waals surface area (Å²) < 4.78 is 5.92. The van der Waals surface area contributed by atoms with E-state index in [0.29, 0.717) is 24.5 Å². The number of rotatable bonds is 4. The largest absolute Gasteiger partial charge is 0.455 e. The van der Waals surface area contributed by atoms with Crippen LogP contribution < -0.4 is 10.1 Å². The number of carbonyl (C=O) groups excluding carboxylic acids is 1. The first kappa shape index (κ1) is 17.3. The van der Waals surface area contributed by atoms with Crippen molar-refractivity contribution in [1.82, 2.24) is 4.90 Å². The third-order valence-corrected chi connectivity index (χ3v) is 4.44. The number of hydrogen-bond acceptors (Lipinski definition) is 3. The Morgan fingerprint density at radius 2 is 2.00 bits per heavy atom. The molecule has 1 saturated heterocycles. The molecule has 0 bridgehead atoms. The van der Waals surface area contributed by atoms with Crippen molar-refractivity contribution in [3.8, 4) is 11.5 Å². The molecule has 2 aromatic carbocycles. The molecule has 1 atom stereocenters. The summed E-state index contributed by atoms with van der Waals surface area (Å²) >= 11 is 0. The average Bonchev–Trinajstić information content (AvgIpc) is 2.65. The Balaban J connectivity index is 1.70. The number of piperidine rings is 1. The number of amides is 2. The highest BCUT2D eigenvalue weighted by molar-refractivity contribution is 5.91. The van der Waals surface area contributed by atoms with Gasteiger partial charge in [-0.1, -0.05) is 29.8 Å². The maximum atomic E-state index is 12.6. The van der Waals surface area contributed by atoms with Crippen molar-refractivity contribution in [1.29, 1.82) is 0 Å². The van der Waals surface area contributed by atoms with E-state index in [1.54, 1.807) is 4.90 Å². The second-order valence-corrected chi connectivity index (χ2v) is 6.48. The average molecular weight is 340 g/mol. The number of para-hydroxylation sites is 2. The zero-order valence-electron chi connectivity index (χ0n) is 14.4. The van der Waals surface area contributed by atoms with E-state index in [-0.39, 0.29) is 18.6 Å². The normalized spacial score (nSPS) is 17.2. The minimum Gasteiger partial charge on any atom is -0.455 e. The number of nitrogens with zero attached hydrogens (tertiary/aromatic N) is 1. The summed E-state index contributed by atoms with van der Waals surface area (Å²) in [7, 11) is 0. The highest BCUT2D eigenvalue weighted by atomic mass is 16.5. The van der Waals surface area contributed by atoms with Crippen LogP contribution in [-0.4, -0.2) is 35.7 Å². The number of aliphatic hydroxyl groups is 1. The van der Waals surface area contributed by atoms with Gasteiger partial charge in [-0.2, -0.15) is 0 Å². The number of carbonyl (C=O) groups is 1. The molecule has 2 aromatic rings. The van der Waals surface area contributed by atoms with Crippen molar-refractivity contribution in [3.63, 3.8) is 0 Å². The van der Waals surface area contributed by atoms with Crippen LogP contribution in [0.3, 0.4) is 0 Å². The van der Waals surface area contributed by atoms with Crippen LogP contribution in [0.1, 0.15) is 18.4 Å². The van der Waals surface area contributed by atoms with Gasteiger partial charge in [-0.15, -0.1) is 0 Å². The van der Waals surface area contributed by atoms with E-state index >= 15 is 0 Å². The van der Waals surface area contributed by atoms with Crippen LogP contribution in [-0.2, 0) is 0 Å². The van der Waals surface area contributed by atoms with E-state index in [1.165, 1.54) is 0 Å². The smallest absolute Gasteiger partial charge is 0.321 e. The van der Waals surface area contributed by atoms with Crippen LogP contribution >= 0.6 is 0 Å². The summed E-state index contributed by atoms with van der Waals surface area (Å²) in [5, 5.41) is 12.3. The second kappa shape index (κ2) is 8.03. The number of likely N-dealkylation sites (tertiary alicyclic amines) is 1. The zero-order chi connectivity index (χ0) is 17.6. The van der Waals surface area contributed by atoms with E-state index in [2.05, 4.69) is 5.32 Å². The molecule has 2 amide bonds. The lowest BCUT2D eigenvalue weighted by molar-refractivity contribution is 0.136. The number of hydrogen-bond donors (Lipinski definition) is 2. The Bertz CT molecular complexity index is 715. The predicted molar refractivity (Wildman–Crippen MR) is 98.1 cm³/mol. The minimum absolute atomic E-state index is 0.122. The fourth-order valence-corrected chi connectivity index (χ4v) is 2.98. The standard InChI is InChI=1S/C20H24N2O3/c1-15-8-10-17(11-9-15)25-19-7-3-2-6-18(19)21-20(24)22-12-4-5-16(13-22)14-23/h2-3,6-11,16,23H,4-5,12-14H2,1H3,(H,21,24). The van der Waals surface area contributed by atoms with Gasteiger partial charge < -0.3 is 20.1 Å². The molecule has 1 heterocycles. The van der Waals surface area contributed by atoms with Gasteiger partial charge >= 0.3 is 6.03 Å². The van der Waals surface area contributed by atoms with E-state index in [9.17, 15) is 9.90 Å². The molecule has 1 aliphatic heterocycles. The SMILES string of the molecule is Cc1ccc(Oc2ccccc2NC(=O)N2CCCC(CO)C2)cc1. The molecule has 1 aliphatic rings. The summed E-state index contributed by atoms with van der Waals surface area (Å²) in [5.41, 5.74) is 1.80. The molecule has 25 heavy (non-hydrogen) atoms. The molecule has 2 N–H and O–H groups in total. The molecule has 0 saturated carbocycles. The molecule has 132 valence electrons. The fraction of sp³-hybridized carbons (Fsp3) is 0.350.